The first-order valence-electron chi connectivity index (χ1n) is 5.09. The van der Waals surface area contributed by atoms with Gasteiger partial charge < -0.3 is 10.5 Å². The molecule has 0 bridgehead atoms. The van der Waals surface area contributed by atoms with Gasteiger partial charge in [-0.15, -0.1) is 0 Å². The Hall–Kier alpha value is -1.65. The lowest BCUT2D eigenvalue weighted by molar-refractivity contribution is 0.479. The van der Waals surface area contributed by atoms with Crippen LogP contribution in [-0.2, 0) is 0 Å². The summed E-state index contributed by atoms with van der Waals surface area (Å²) in [5, 5.41) is 0.548. The molecule has 0 radical (unpaired) electrons. The van der Waals surface area contributed by atoms with E-state index >= 15 is 0 Å². The fraction of sp³-hybridized carbons (Fsp3) is 0. The number of hydrogen-bond acceptors (Lipinski definition) is 2. The van der Waals surface area contributed by atoms with Crippen molar-refractivity contribution < 1.29 is 9.13 Å². The molecule has 0 atom stereocenters. The Labute approximate surface area is 114 Å². The van der Waals surface area contributed by atoms with Gasteiger partial charge in [0, 0.05) is 5.02 Å². The van der Waals surface area contributed by atoms with Crippen molar-refractivity contribution in [2.75, 3.05) is 0 Å². The average molecular weight is 282 g/mol. The van der Waals surface area contributed by atoms with Gasteiger partial charge in [-0.3, -0.25) is 0 Å². The van der Waals surface area contributed by atoms with E-state index in [9.17, 15) is 4.39 Å². The third-order valence-corrected chi connectivity index (χ3v) is 2.69. The summed E-state index contributed by atoms with van der Waals surface area (Å²) in [6.07, 6.45) is 0. The van der Waals surface area contributed by atoms with Crippen LogP contribution < -0.4 is 10.5 Å². The monoisotopic (exact) mass is 281 g/mol. The molecule has 0 fully saturated rings. The van der Waals surface area contributed by atoms with Crippen molar-refractivity contribution in [2.24, 2.45) is 5.73 Å². The second kappa shape index (κ2) is 5.33. The first-order valence-corrected chi connectivity index (χ1v) is 5.87. The molecule has 2 N–H and O–H groups in total. The van der Waals surface area contributed by atoms with E-state index in [2.05, 4.69) is 0 Å². The molecule has 0 unspecified atom stereocenters. The predicted octanol–water partition coefficient (Wildman–Crippen LogP) is 3.91. The first-order chi connectivity index (χ1) is 8.56. The normalized spacial score (nSPS) is 10.1. The zero-order chi connectivity index (χ0) is 13.1. The number of nitrogens with two attached hydrogens (primary N) is 1. The molecule has 0 spiro atoms. The molecule has 2 nitrogen and oxygen atoms in total. The minimum atomic E-state index is -0.420. The highest BCUT2D eigenvalue weighted by molar-refractivity contribution is 7.80. The van der Waals surface area contributed by atoms with Crippen molar-refractivity contribution in [1.29, 1.82) is 0 Å². The van der Waals surface area contributed by atoms with E-state index in [0.717, 1.165) is 0 Å². The Bertz CT molecular complexity index is 603. The van der Waals surface area contributed by atoms with Crippen molar-refractivity contribution in [3.63, 3.8) is 0 Å². The van der Waals surface area contributed by atoms with Gasteiger partial charge in [-0.2, -0.15) is 0 Å². The number of ether oxygens (including phenoxy) is 1. The van der Waals surface area contributed by atoms with Gasteiger partial charge in [0.05, 0.1) is 5.56 Å². The highest BCUT2D eigenvalue weighted by Crippen LogP contribution is 2.27. The quantitative estimate of drug-likeness (QED) is 0.867. The molecule has 0 aromatic heterocycles. The Balaban J connectivity index is 2.37. The van der Waals surface area contributed by atoms with Gasteiger partial charge in [-0.05, 0) is 36.4 Å². The Morgan fingerprint density at radius 1 is 1.22 bits per heavy atom. The number of rotatable bonds is 3. The third kappa shape index (κ3) is 2.97. The first kappa shape index (κ1) is 12.8. The van der Waals surface area contributed by atoms with E-state index in [4.69, 9.17) is 34.3 Å². The van der Waals surface area contributed by atoms with Crippen LogP contribution in [0, 0.1) is 5.82 Å². The molecule has 5 heteroatoms. The third-order valence-electron chi connectivity index (χ3n) is 2.23. The molecule has 0 saturated carbocycles. The second-order valence-corrected chi connectivity index (χ2v) is 4.44. The standard InChI is InChI=1S/C13H9ClFNOS/c14-8-2-1-3-10(6-8)17-12-5-4-9(15)7-11(12)13(16)18/h1-7H,(H2,16,18). The lowest BCUT2D eigenvalue weighted by Crippen LogP contribution is -2.11. The van der Waals surface area contributed by atoms with Crippen molar-refractivity contribution in [3.8, 4) is 11.5 Å². The van der Waals surface area contributed by atoms with Crippen molar-refractivity contribution in [3.05, 3.63) is 58.9 Å². The summed E-state index contributed by atoms with van der Waals surface area (Å²) >= 11 is 10.7. The Morgan fingerprint density at radius 3 is 2.67 bits per heavy atom. The second-order valence-electron chi connectivity index (χ2n) is 3.56. The fourth-order valence-electron chi connectivity index (χ4n) is 1.44. The SMILES string of the molecule is NC(=S)c1cc(F)ccc1Oc1cccc(Cl)c1. The largest absolute Gasteiger partial charge is 0.457 e. The van der Waals surface area contributed by atoms with Gasteiger partial charge in [0.2, 0.25) is 0 Å². The number of thiocarbonyl (C=S) groups is 1. The van der Waals surface area contributed by atoms with Crippen molar-refractivity contribution >= 4 is 28.8 Å². The summed E-state index contributed by atoms with van der Waals surface area (Å²) in [5.41, 5.74) is 5.88. The van der Waals surface area contributed by atoms with Crippen LogP contribution in [0.1, 0.15) is 5.56 Å². The average Bonchev–Trinajstić information content (AvgIpc) is 2.31. The van der Waals surface area contributed by atoms with Crippen LogP contribution in [0.25, 0.3) is 0 Å². The minimum absolute atomic E-state index is 0.0755. The van der Waals surface area contributed by atoms with Crippen LogP contribution in [0.2, 0.25) is 5.02 Å². The van der Waals surface area contributed by atoms with Crippen molar-refractivity contribution in [2.45, 2.75) is 0 Å². The lowest BCUT2D eigenvalue weighted by atomic mass is 10.2. The van der Waals surface area contributed by atoms with E-state index in [1.165, 1.54) is 18.2 Å². The van der Waals surface area contributed by atoms with Crippen LogP contribution in [-0.4, -0.2) is 4.99 Å². The highest BCUT2D eigenvalue weighted by Gasteiger charge is 2.09. The summed E-state index contributed by atoms with van der Waals surface area (Å²) in [7, 11) is 0. The molecule has 0 amide bonds. The van der Waals surface area contributed by atoms with Gasteiger partial charge >= 0.3 is 0 Å². The molecule has 0 aliphatic carbocycles. The predicted molar refractivity (Wildman–Crippen MR) is 73.8 cm³/mol. The van der Waals surface area contributed by atoms with E-state index in [1.807, 2.05) is 0 Å². The highest BCUT2D eigenvalue weighted by atomic mass is 35.5. The van der Waals surface area contributed by atoms with E-state index < -0.39 is 5.82 Å². The zero-order valence-electron chi connectivity index (χ0n) is 9.19. The van der Waals surface area contributed by atoms with E-state index in [-0.39, 0.29) is 4.99 Å². The maximum atomic E-state index is 13.1. The van der Waals surface area contributed by atoms with Crippen LogP contribution in [0.4, 0.5) is 4.39 Å². The summed E-state index contributed by atoms with van der Waals surface area (Å²) in [5.74, 6) is 0.508. The molecule has 0 saturated heterocycles. The van der Waals surface area contributed by atoms with Crippen LogP contribution >= 0.6 is 23.8 Å². The van der Waals surface area contributed by atoms with Crippen LogP contribution in [0.3, 0.4) is 0 Å². The Morgan fingerprint density at radius 2 is 2.00 bits per heavy atom. The van der Waals surface area contributed by atoms with Gasteiger partial charge in [0.15, 0.2) is 0 Å². The van der Waals surface area contributed by atoms with Gasteiger partial charge in [-0.1, -0.05) is 29.9 Å². The topological polar surface area (TPSA) is 35.2 Å². The van der Waals surface area contributed by atoms with Gasteiger partial charge in [0.25, 0.3) is 0 Å². The molecule has 2 rings (SSSR count). The molecule has 0 aliphatic heterocycles. The summed E-state index contributed by atoms with van der Waals surface area (Å²) in [6, 6.07) is 10.9. The van der Waals surface area contributed by atoms with Gasteiger partial charge in [0.1, 0.15) is 22.3 Å². The smallest absolute Gasteiger partial charge is 0.137 e. The number of hydrogen-bond donors (Lipinski definition) is 1. The molecule has 0 aliphatic rings. The van der Waals surface area contributed by atoms with Crippen molar-refractivity contribution in [1.82, 2.24) is 0 Å². The minimum Gasteiger partial charge on any atom is -0.457 e. The molecular weight excluding hydrogens is 273 g/mol. The van der Waals surface area contributed by atoms with E-state index in [0.29, 0.717) is 22.1 Å². The molecule has 92 valence electrons. The molecule has 0 heterocycles. The maximum Gasteiger partial charge on any atom is 0.137 e. The van der Waals surface area contributed by atoms with Crippen LogP contribution in [0.5, 0.6) is 11.5 Å². The Kier molecular flexibility index (Phi) is 3.79. The zero-order valence-corrected chi connectivity index (χ0v) is 10.8. The summed E-state index contributed by atoms with van der Waals surface area (Å²) < 4.78 is 18.7. The molecule has 18 heavy (non-hydrogen) atoms. The van der Waals surface area contributed by atoms with Crippen LogP contribution in [0.15, 0.2) is 42.5 Å². The number of halogens is 2. The number of benzene rings is 2. The van der Waals surface area contributed by atoms with Gasteiger partial charge in [-0.25, -0.2) is 4.39 Å². The maximum absolute atomic E-state index is 13.1. The summed E-state index contributed by atoms with van der Waals surface area (Å²) in [6.45, 7) is 0. The lowest BCUT2D eigenvalue weighted by Gasteiger charge is -2.10. The molecule has 2 aromatic carbocycles. The fourth-order valence-corrected chi connectivity index (χ4v) is 1.78. The van der Waals surface area contributed by atoms with E-state index in [1.54, 1.807) is 24.3 Å². The molecule has 2 aromatic rings. The summed E-state index contributed by atoms with van der Waals surface area (Å²) in [4.78, 5) is 0.0755. The molecular formula is C13H9ClFNOS.